The molecular weight excluding hydrogens is 370 g/mol. The van der Waals surface area contributed by atoms with Gasteiger partial charge >= 0.3 is 0 Å². The number of hydrogen-bond donors (Lipinski definition) is 2. The largest absolute Gasteiger partial charge is 0.508 e. The Bertz CT molecular complexity index is 1130. The molecule has 2 amide bonds. The molecule has 0 fully saturated rings. The number of carbonyl (C=O) groups is 2. The molecule has 3 aromatic carbocycles. The molecule has 2 heterocycles. The van der Waals surface area contributed by atoms with E-state index in [1.165, 1.54) is 24.3 Å². The van der Waals surface area contributed by atoms with Crippen LogP contribution >= 0.6 is 0 Å². The fourth-order valence-electron chi connectivity index (χ4n) is 3.82. The molecule has 6 heteroatoms. The Morgan fingerprint density at radius 1 is 0.724 bits per heavy atom. The highest BCUT2D eigenvalue weighted by atomic mass is 16.5. The first kappa shape index (κ1) is 17.1. The lowest BCUT2D eigenvalue weighted by Crippen LogP contribution is -2.29. The van der Waals surface area contributed by atoms with Crippen molar-refractivity contribution in [2.75, 3.05) is 4.90 Å². The predicted molar refractivity (Wildman–Crippen MR) is 105 cm³/mol. The van der Waals surface area contributed by atoms with E-state index in [4.69, 9.17) is 4.74 Å². The number of ether oxygens (including phenoxy) is 1. The van der Waals surface area contributed by atoms with Crippen molar-refractivity contribution in [1.29, 1.82) is 0 Å². The smallest absolute Gasteiger partial charge is 0.258 e. The van der Waals surface area contributed by atoms with Crippen LogP contribution in [0.15, 0.2) is 72.8 Å². The van der Waals surface area contributed by atoms with E-state index in [9.17, 15) is 19.8 Å². The molecule has 5 rings (SSSR count). The first-order chi connectivity index (χ1) is 14.0. The molecule has 2 N–H and O–H groups in total. The molecule has 0 radical (unpaired) electrons. The van der Waals surface area contributed by atoms with Gasteiger partial charge in [0.05, 0.1) is 5.69 Å². The zero-order valence-corrected chi connectivity index (χ0v) is 15.1. The number of carbonyl (C=O) groups excluding carboxylic acids is 2. The lowest BCUT2D eigenvalue weighted by atomic mass is 9.82. The number of nitrogens with zero attached hydrogens (tertiary/aromatic N) is 1. The summed E-state index contributed by atoms with van der Waals surface area (Å²) in [5, 5.41) is 19.7. The van der Waals surface area contributed by atoms with Gasteiger partial charge in [-0.15, -0.1) is 0 Å². The summed E-state index contributed by atoms with van der Waals surface area (Å²) in [5.74, 6) is 0.246. The number of anilines is 1. The molecule has 0 spiro atoms. The van der Waals surface area contributed by atoms with Crippen LogP contribution < -0.4 is 9.64 Å². The number of amides is 2. The van der Waals surface area contributed by atoms with Crippen molar-refractivity contribution in [3.63, 3.8) is 0 Å². The molecule has 29 heavy (non-hydrogen) atoms. The fraction of sp³-hybridized carbons (Fsp3) is 0.0435. The third-order valence-corrected chi connectivity index (χ3v) is 5.13. The summed E-state index contributed by atoms with van der Waals surface area (Å²) >= 11 is 0. The first-order valence-electron chi connectivity index (χ1n) is 9.01. The van der Waals surface area contributed by atoms with Crippen molar-refractivity contribution in [2.24, 2.45) is 0 Å². The molecule has 0 atom stereocenters. The second-order valence-electron chi connectivity index (χ2n) is 6.92. The molecule has 0 saturated carbocycles. The third kappa shape index (κ3) is 2.73. The molecule has 0 aliphatic carbocycles. The van der Waals surface area contributed by atoms with E-state index >= 15 is 0 Å². The van der Waals surface area contributed by atoms with Crippen molar-refractivity contribution in [2.45, 2.75) is 5.92 Å². The van der Waals surface area contributed by atoms with Gasteiger partial charge in [-0.25, -0.2) is 4.90 Å². The van der Waals surface area contributed by atoms with Gasteiger partial charge in [0.25, 0.3) is 11.8 Å². The number of rotatable bonds is 2. The van der Waals surface area contributed by atoms with Gasteiger partial charge in [-0.1, -0.05) is 24.3 Å². The maximum atomic E-state index is 11.9. The zero-order chi connectivity index (χ0) is 20.1. The second-order valence-corrected chi connectivity index (χ2v) is 6.92. The van der Waals surface area contributed by atoms with Crippen molar-refractivity contribution >= 4 is 17.5 Å². The van der Waals surface area contributed by atoms with E-state index in [1.807, 2.05) is 12.1 Å². The Hall–Kier alpha value is -4.06. The Balaban J connectivity index is 1.61. The van der Waals surface area contributed by atoms with E-state index in [-0.39, 0.29) is 29.2 Å². The van der Waals surface area contributed by atoms with Crippen LogP contribution in [0.3, 0.4) is 0 Å². The van der Waals surface area contributed by atoms with Gasteiger partial charge in [-0.2, -0.15) is 0 Å². The summed E-state index contributed by atoms with van der Waals surface area (Å²) < 4.78 is 5.90. The molecule has 2 aliphatic heterocycles. The minimum absolute atomic E-state index is 0.0833. The van der Waals surface area contributed by atoms with Crippen molar-refractivity contribution in [3.8, 4) is 23.0 Å². The molecular formula is C23H15NO5. The average Bonchev–Trinajstić information content (AvgIpc) is 3.04. The number of imide groups is 1. The van der Waals surface area contributed by atoms with Crippen LogP contribution in [0.1, 0.15) is 22.6 Å². The lowest BCUT2D eigenvalue weighted by molar-refractivity contribution is -0.119. The Morgan fingerprint density at radius 3 is 1.76 bits per heavy atom. The van der Waals surface area contributed by atoms with Gasteiger partial charge in [0.15, 0.2) is 0 Å². The fourth-order valence-corrected chi connectivity index (χ4v) is 3.82. The summed E-state index contributed by atoms with van der Waals surface area (Å²) in [6, 6.07) is 17.1. The molecule has 6 nitrogen and oxygen atoms in total. The van der Waals surface area contributed by atoms with Crippen LogP contribution in [0.4, 0.5) is 5.69 Å². The number of aromatic hydroxyl groups is 2. The van der Waals surface area contributed by atoms with Gasteiger partial charge in [0, 0.05) is 41.3 Å². The maximum Gasteiger partial charge on any atom is 0.258 e. The standard InChI is InChI=1S/C23H15NO5/c25-15-5-7-17-19(11-15)29-20-12-16(26)6-8-18(20)23(17)13-1-3-14(4-2-13)24-21(27)9-10-22(24)28/h1-12,23,25-26H. The SMILES string of the molecule is O=C1C=CC(=O)N1c1ccc(C2c3ccc(O)cc3Oc3cc(O)ccc32)cc1. The number of benzene rings is 3. The van der Waals surface area contributed by atoms with Gasteiger partial charge < -0.3 is 14.9 Å². The van der Waals surface area contributed by atoms with E-state index in [1.54, 1.807) is 36.4 Å². The van der Waals surface area contributed by atoms with Gasteiger partial charge in [-0.3, -0.25) is 9.59 Å². The maximum absolute atomic E-state index is 11.9. The summed E-state index contributed by atoms with van der Waals surface area (Å²) in [5.41, 5.74) is 3.15. The zero-order valence-electron chi connectivity index (χ0n) is 15.1. The van der Waals surface area contributed by atoms with E-state index in [0.29, 0.717) is 17.2 Å². The molecule has 142 valence electrons. The summed E-state index contributed by atoms with van der Waals surface area (Å²) in [7, 11) is 0. The van der Waals surface area contributed by atoms with Gasteiger partial charge in [-0.05, 0) is 29.8 Å². The second kappa shape index (κ2) is 6.24. The number of fused-ring (bicyclic) bond motifs is 2. The minimum Gasteiger partial charge on any atom is -0.508 e. The normalized spacial score (nSPS) is 15.2. The molecule has 0 bridgehead atoms. The number of phenolic OH excluding ortho intramolecular Hbond substituents is 2. The molecule has 2 aliphatic rings. The van der Waals surface area contributed by atoms with Crippen LogP contribution in [0.2, 0.25) is 0 Å². The van der Waals surface area contributed by atoms with Crippen molar-refractivity contribution in [3.05, 3.63) is 89.5 Å². The van der Waals surface area contributed by atoms with Crippen LogP contribution in [0.5, 0.6) is 23.0 Å². The molecule has 0 aromatic heterocycles. The van der Waals surface area contributed by atoms with E-state index < -0.39 is 0 Å². The lowest BCUT2D eigenvalue weighted by Gasteiger charge is -2.29. The first-order valence-corrected chi connectivity index (χ1v) is 9.01. The van der Waals surface area contributed by atoms with E-state index in [2.05, 4.69) is 0 Å². The van der Waals surface area contributed by atoms with Crippen LogP contribution in [-0.4, -0.2) is 22.0 Å². The highest BCUT2D eigenvalue weighted by molar-refractivity contribution is 6.28. The third-order valence-electron chi connectivity index (χ3n) is 5.13. The summed E-state index contributed by atoms with van der Waals surface area (Å²) in [4.78, 5) is 25.0. The number of hydrogen-bond acceptors (Lipinski definition) is 5. The predicted octanol–water partition coefficient (Wildman–Crippen LogP) is 3.81. The summed E-state index contributed by atoms with van der Waals surface area (Å²) in [6.07, 6.45) is 2.50. The number of phenols is 2. The Morgan fingerprint density at radius 2 is 1.24 bits per heavy atom. The Labute approximate surface area is 165 Å². The van der Waals surface area contributed by atoms with Crippen LogP contribution in [-0.2, 0) is 9.59 Å². The van der Waals surface area contributed by atoms with Gasteiger partial charge in [0.1, 0.15) is 23.0 Å². The summed E-state index contributed by atoms with van der Waals surface area (Å²) in [6.45, 7) is 0. The molecule has 0 unspecified atom stereocenters. The average molecular weight is 385 g/mol. The Kier molecular flexibility index (Phi) is 3.67. The highest BCUT2D eigenvalue weighted by Crippen LogP contribution is 2.49. The quantitative estimate of drug-likeness (QED) is 0.513. The highest BCUT2D eigenvalue weighted by Gasteiger charge is 2.30. The monoisotopic (exact) mass is 385 g/mol. The minimum atomic E-state index is -0.365. The molecule has 3 aromatic rings. The molecule has 0 saturated heterocycles. The van der Waals surface area contributed by atoms with Crippen molar-refractivity contribution in [1.82, 2.24) is 0 Å². The van der Waals surface area contributed by atoms with Gasteiger partial charge in [0.2, 0.25) is 0 Å². The van der Waals surface area contributed by atoms with E-state index in [0.717, 1.165) is 21.6 Å². The topological polar surface area (TPSA) is 87.1 Å². The van der Waals surface area contributed by atoms with Crippen LogP contribution in [0, 0.1) is 0 Å². The van der Waals surface area contributed by atoms with Crippen LogP contribution in [0.25, 0.3) is 0 Å². The van der Waals surface area contributed by atoms with Crippen molar-refractivity contribution < 1.29 is 24.5 Å².